The Labute approximate surface area is 138 Å². The van der Waals surface area contributed by atoms with E-state index in [9.17, 15) is 4.79 Å². The van der Waals surface area contributed by atoms with E-state index in [1.54, 1.807) is 17.0 Å². The van der Waals surface area contributed by atoms with Crippen LogP contribution in [0.1, 0.15) is 42.4 Å². The van der Waals surface area contributed by atoms with E-state index in [1.165, 1.54) is 0 Å². The molecular weight excluding hydrogens is 284 g/mol. The van der Waals surface area contributed by atoms with Gasteiger partial charge in [-0.3, -0.25) is 4.79 Å². The number of benzene rings is 2. The molecule has 0 fully saturated rings. The van der Waals surface area contributed by atoms with Crippen LogP contribution in [0.4, 0.5) is 0 Å². The zero-order chi connectivity index (χ0) is 16.7. The van der Waals surface area contributed by atoms with Crippen LogP contribution in [0.15, 0.2) is 54.6 Å². The van der Waals surface area contributed by atoms with Gasteiger partial charge in [-0.05, 0) is 29.7 Å². The van der Waals surface area contributed by atoms with Gasteiger partial charge in [-0.2, -0.15) is 5.26 Å². The molecule has 0 aliphatic heterocycles. The van der Waals surface area contributed by atoms with Crippen LogP contribution in [0.5, 0.6) is 0 Å². The van der Waals surface area contributed by atoms with Crippen molar-refractivity contribution < 1.29 is 4.79 Å². The van der Waals surface area contributed by atoms with Gasteiger partial charge in [-0.1, -0.05) is 55.8 Å². The summed E-state index contributed by atoms with van der Waals surface area (Å²) in [6, 6.07) is 19.5. The molecule has 1 atom stereocenters. The van der Waals surface area contributed by atoms with Gasteiger partial charge >= 0.3 is 0 Å². The maximum Gasteiger partial charge on any atom is 0.230 e. The Morgan fingerprint density at radius 2 is 1.78 bits per heavy atom. The first-order valence-electron chi connectivity index (χ1n) is 7.94. The highest BCUT2D eigenvalue weighted by molar-refractivity contribution is 5.83. The van der Waals surface area contributed by atoms with Crippen molar-refractivity contribution in [1.82, 2.24) is 4.90 Å². The van der Waals surface area contributed by atoms with E-state index in [4.69, 9.17) is 5.26 Å². The molecule has 118 valence electrons. The molecule has 2 rings (SSSR count). The number of carbonyl (C=O) groups excluding carboxylic acids is 1. The minimum absolute atomic E-state index is 0.0930. The molecule has 0 saturated carbocycles. The van der Waals surface area contributed by atoms with E-state index in [2.05, 4.69) is 13.0 Å². The highest BCUT2D eigenvalue weighted by Gasteiger charge is 2.22. The zero-order valence-electron chi connectivity index (χ0n) is 13.7. The summed E-state index contributed by atoms with van der Waals surface area (Å²) < 4.78 is 0. The van der Waals surface area contributed by atoms with Gasteiger partial charge in [0.05, 0.1) is 17.6 Å². The Hall–Kier alpha value is -2.60. The van der Waals surface area contributed by atoms with Crippen molar-refractivity contribution in [2.75, 3.05) is 7.05 Å². The maximum absolute atomic E-state index is 12.8. The van der Waals surface area contributed by atoms with E-state index >= 15 is 0 Å². The van der Waals surface area contributed by atoms with Crippen LogP contribution in [0.25, 0.3) is 0 Å². The predicted molar refractivity (Wildman–Crippen MR) is 91.7 cm³/mol. The summed E-state index contributed by atoms with van der Waals surface area (Å²) in [6.07, 6.45) is 1.82. The molecular formula is C20H22N2O. The van der Waals surface area contributed by atoms with Gasteiger partial charge < -0.3 is 4.90 Å². The molecule has 0 bridgehead atoms. The molecule has 1 amide bonds. The Morgan fingerprint density at radius 1 is 1.13 bits per heavy atom. The lowest BCUT2D eigenvalue weighted by atomic mass is 9.93. The van der Waals surface area contributed by atoms with Crippen molar-refractivity contribution in [1.29, 1.82) is 5.26 Å². The number of hydrogen-bond donors (Lipinski definition) is 0. The SMILES string of the molecule is CCCC(C(=O)N(C)Cc1ccc(C#N)cc1)c1ccccc1. The van der Waals surface area contributed by atoms with Crippen LogP contribution < -0.4 is 0 Å². The zero-order valence-corrected chi connectivity index (χ0v) is 13.7. The smallest absolute Gasteiger partial charge is 0.230 e. The van der Waals surface area contributed by atoms with Crippen LogP contribution in [-0.2, 0) is 11.3 Å². The molecule has 0 aliphatic carbocycles. The topological polar surface area (TPSA) is 44.1 Å². The second-order valence-corrected chi connectivity index (χ2v) is 5.75. The summed E-state index contributed by atoms with van der Waals surface area (Å²) in [5, 5.41) is 8.84. The number of hydrogen-bond acceptors (Lipinski definition) is 2. The molecule has 0 aromatic heterocycles. The van der Waals surface area contributed by atoms with Crippen molar-refractivity contribution in [2.24, 2.45) is 0 Å². The lowest BCUT2D eigenvalue weighted by Gasteiger charge is -2.24. The van der Waals surface area contributed by atoms with Crippen molar-refractivity contribution >= 4 is 5.91 Å². The van der Waals surface area contributed by atoms with Crippen LogP contribution in [0, 0.1) is 11.3 Å². The van der Waals surface area contributed by atoms with Crippen molar-refractivity contribution in [2.45, 2.75) is 32.2 Å². The van der Waals surface area contributed by atoms with Crippen LogP contribution >= 0.6 is 0 Å². The normalized spacial score (nSPS) is 11.5. The fourth-order valence-corrected chi connectivity index (χ4v) is 2.71. The summed E-state index contributed by atoms with van der Waals surface area (Å²) in [4.78, 5) is 14.6. The number of amides is 1. The van der Waals surface area contributed by atoms with Gasteiger partial charge in [0.1, 0.15) is 0 Å². The molecule has 2 aromatic carbocycles. The average molecular weight is 306 g/mol. The molecule has 3 heteroatoms. The van der Waals surface area contributed by atoms with Crippen molar-refractivity contribution in [3.05, 3.63) is 71.3 Å². The number of nitriles is 1. The molecule has 1 unspecified atom stereocenters. The first-order chi connectivity index (χ1) is 11.2. The largest absolute Gasteiger partial charge is 0.341 e. The number of carbonyl (C=O) groups is 1. The first-order valence-corrected chi connectivity index (χ1v) is 7.94. The number of nitrogens with zero attached hydrogens (tertiary/aromatic N) is 2. The monoisotopic (exact) mass is 306 g/mol. The molecule has 0 aliphatic rings. The molecule has 0 spiro atoms. The second-order valence-electron chi connectivity index (χ2n) is 5.75. The minimum atomic E-state index is -0.0930. The van der Waals surface area contributed by atoms with Crippen LogP contribution in [0.3, 0.4) is 0 Å². The van der Waals surface area contributed by atoms with E-state index in [0.29, 0.717) is 12.1 Å². The Balaban J connectivity index is 2.11. The standard InChI is InChI=1S/C20H22N2O/c1-3-7-19(18-8-5-4-6-9-18)20(23)22(2)15-17-12-10-16(14-21)11-13-17/h4-6,8-13,19H,3,7,15H2,1-2H3. The van der Waals surface area contributed by atoms with E-state index in [1.807, 2.05) is 49.5 Å². The molecule has 0 heterocycles. The summed E-state index contributed by atoms with van der Waals surface area (Å²) in [7, 11) is 1.84. The van der Waals surface area contributed by atoms with E-state index in [-0.39, 0.29) is 11.8 Å². The fourth-order valence-electron chi connectivity index (χ4n) is 2.71. The molecule has 0 N–H and O–H groups in total. The summed E-state index contributed by atoms with van der Waals surface area (Å²) >= 11 is 0. The van der Waals surface area contributed by atoms with Gasteiger partial charge in [0.15, 0.2) is 0 Å². The fraction of sp³-hybridized carbons (Fsp3) is 0.300. The van der Waals surface area contributed by atoms with Crippen molar-refractivity contribution in [3.8, 4) is 6.07 Å². The highest BCUT2D eigenvalue weighted by atomic mass is 16.2. The van der Waals surface area contributed by atoms with Crippen LogP contribution in [-0.4, -0.2) is 17.9 Å². The van der Waals surface area contributed by atoms with Gasteiger partial charge in [0.2, 0.25) is 5.91 Å². The minimum Gasteiger partial charge on any atom is -0.341 e. The van der Waals surface area contributed by atoms with Gasteiger partial charge in [0, 0.05) is 13.6 Å². The molecule has 23 heavy (non-hydrogen) atoms. The number of likely N-dealkylation sites (N-methyl/N-ethyl adjacent to an activating group) is 1. The van der Waals surface area contributed by atoms with E-state index < -0.39 is 0 Å². The third kappa shape index (κ3) is 4.43. The maximum atomic E-state index is 12.8. The first kappa shape index (κ1) is 16.8. The number of rotatable bonds is 6. The highest BCUT2D eigenvalue weighted by Crippen LogP contribution is 2.24. The van der Waals surface area contributed by atoms with Gasteiger partial charge in [0.25, 0.3) is 0 Å². The molecule has 3 nitrogen and oxygen atoms in total. The van der Waals surface area contributed by atoms with Gasteiger partial charge in [-0.15, -0.1) is 0 Å². The van der Waals surface area contributed by atoms with Gasteiger partial charge in [-0.25, -0.2) is 0 Å². The quantitative estimate of drug-likeness (QED) is 0.806. The average Bonchev–Trinajstić information content (AvgIpc) is 2.60. The molecule has 0 radical (unpaired) electrons. The third-order valence-electron chi connectivity index (χ3n) is 3.96. The summed E-state index contributed by atoms with van der Waals surface area (Å²) in [5.74, 6) is 0.0481. The summed E-state index contributed by atoms with van der Waals surface area (Å²) in [6.45, 7) is 2.65. The summed E-state index contributed by atoms with van der Waals surface area (Å²) in [5.41, 5.74) is 2.74. The molecule has 0 saturated heterocycles. The van der Waals surface area contributed by atoms with E-state index in [0.717, 1.165) is 24.0 Å². The lowest BCUT2D eigenvalue weighted by molar-refractivity contribution is -0.132. The Bertz CT molecular complexity index is 671. The Morgan fingerprint density at radius 3 is 2.35 bits per heavy atom. The Kier molecular flexibility index (Phi) is 5.94. The van der Waals surface area contributed by atoms with Crippen molar-refractivity contribution in [3.63, 3.8) is 0 Å². The predicted octanol–water partition coefficient (Wildman–Crippen LogP) is 4.10. The third-order valence-corrected chi connectivity index (χ3v) is 3.96. The second kappa shape index (κ2) is 8.14. The van der Waals surface area contributed by atoms with Crippen LogP contribution in [0.2, 0.25) is 0 Å². The molecule has 2 aromatic rings. The lowest BCUT2D eigenvalue weighted by Crippen LogP contribution is -2.31.